The van der Waals surface area contributed by atoms with Gasteiger partial charge in [-0.15, -0.1) is 0 Å². The Bertz CT molecular complexity index is 481. The van der Waals surface area contributed by atoms with E-state index in [0.717, 1.165) is 18.4 Å². The Morgan fingerprint density at radius 3 is 2.24 bits per heavy atom. The highest BCUT2D eigenvalue weighted by atomic mass is 127. The van der Waals surface area contributed by atoms with E-state index in [2.05, 4.69) is 53.7 Å². The molecule has 1 aromatic rings. The summed E-state index contributed by atoms with van der Waals surface area (Å²) in [7, 11) is 0. The molecule has 0 saturated carbocycles. The second-order valence-corrected chi connectivity index (χ2v) is 8.07. The zero-order valence-corrected chi connectivity index (χ0v) is 15.4. The number of ether oxygens (including phenoxy) is 1. The highest BCUT2D eigenvalue weighted by Gasteiger charge is 2.46. The van der Waals surface area contributed by atoms with Crippen molar-refractivity contribution in [3.63, 3.8) is 0 Å². The van der Waals surface area contributed by atoms with Crippen LogP contribution in [-0.2, 0) is 16.1 Å². The number of benzene rings is 1. The molecule has 1 aliphatic heterocycles. The third-order valence-electron chi connectivity index (χ3n) is 4.11. The summed E-state index contributed by atoms with van der Waals surface area (Å²) in [5.74, 6) is -0.0887. The molecule has 0 atom stereocenters. The predicted molar refractivity (Wildman–Crippen MR) is 93.0 cm³/mol. The maximum absolute atomic E-state index is 12.4. The van der Waals surface area contributed by atoms with Crippen LogP contribution in [0.1, 0.15) is 46.1 Å². The molecular weight excluding hydrogens is 377 g/mol. The third kappa shape index (κ3) is 3.97. The summed E-state index contributed by atoms with van der Waals surface area (Å²) in [6, 6.07) is 9.85. The van der Waals surface area contributed by atoms with Gasteiger partial charge in [-0.25, -0.2) is 3.11 Å². The number of rotatable bonds is 3. The molecule has 116 valence electrons. The van der Waals surface area contributed by atoms with Crippen LogP contribution in [-0.4, -0.2) is 20.2 Å². The van der Waals surface area contributed by atoms with Crippen LogP contribution < -0.4 is 0 Å². The smallest absolute Gasteiger partial charge is 0.309 e. The van der Waals surface area contributed by atoms with Crippen molar-refractivity contribution in [1.82, 2.24) is 3.11 Å². The summed E-state index contributed by atoms with van der Waals surface area (Å²) < 4.78 is 7.88. The van der Waals surface area contributed by atoms with Crippen molar-refractivity contribution in [2.75, 3.05) is 0 Å². The molecule has 1 aromatic carbocycles. The highest BCUT2D eigenvalue weighted by Crippen LogP contribution is 2.44. The van der Waals surface area contributed by atoms with Gasteiger partial charge in [-0.3, -0.25) is 4.79 Å². The SMILES string of the molecule is CC1(C)CC(C(=O)OCc2ccccc2)CC(C)(C)N1I. The first-order valence-electron chi connectivity index (χ1n) is 7.39. The van der Waals surface area contributed by atoms with Gasteiger partial charge < -0.3 is 4.74 Å². The zero-order chi connectivity index (χ0) is 15.7. The molecule has 0 N–H and O–H groups in total. The number of carbonyl (C=O) groups excluding carboxylic acids is 1. The van der Waals surface area contributed by atoms with E-state index in [0.29, 0.717) is 6.61 Å². The summed E-state index contributed by atoms with van der Waals surface area (Å²) in [6.45, 7) is 9.14. The summed E-state index contributed by atoms with van der Waals surface area (Å²) in [5, 5.41) is 0. The van der Waals surface area contributed by atoms with Crippen molar-refractivity contribution in [2.24, 2.45) is 5.92 Å². The summed E-state index contributed by atoms with van der Waals surface area (Å²) >= 11 is 2.39. The van der Waals surface area contributed by atoms with Crippen molar-refractivity contribution in [3.8, 4) is 0 Å². The van der Waals surface area contributed by atoms with Crippen LogP contribution >= 0.6 is 22.9 Å². The van der Waals surface area contributed by atoms with E-state index in [-0.39, 0.29) is 23.0 Å². The molecule has 1 fully saturated rings. The fourth-order valence-corrected chi connectivity index (χ4v) is 3.66. The first-order valence-corrected chi connectivity index (χ1v) is 8.35. The molecule has 0 amide bonds. The van der Waals surface area contributed by atoms with E-state index in [4.69, 9.17) is 4.74 Å². The Kier molecular flexibility index (Phi) is 4.98. The van der Waals surface area contributed by atoms with E-state index in [1.54, 1.807) is 0 Å². The monoisotopic (exact) mass is 401 g/mol. The average Bonchev–Trinajstić information content (AvgIpc) is 2.42. The molecule has 3 nitrogen and oxygen atoms in total. The van der Waals surface area contributed by atoms with Crippen molar-refractivity contribution in [2.45, 2.75) is 58.2 Å². The van der Waals surface area contributed by atoms with Crippen molar-refractivity contribution >= 4 is 28.8 Å². The lowest BCUT2D eigenvalue weighted by Gasteiger charge is -2.51. The minimum Gasteiger partial charge on any atom is -0.461 e. The fourth-order valence-electron chi connectivity index (χ4n) is 3.27. The lowest BCUT2D eigenvalue weighted by molar-refractivity contribution is -0.154. The maximum Gasteiger partial charge on any atom is 0.309 e. The minimum absolute atomic E-state index is 0.00125. The lowest BCUT2D eigenvalue weighted by Crippen LogP contribution is -2.56. The van der Waals surface area contributed by atoms with Gasteiger partial charge in [-0.2, -0.15) is 0 Å². The Morgan fingerprint density at radius 2 is 1.71 bits per heavy atom. The van der Waals surface area contributed by atoms with Gasteiger partial charge in [-0.05, 0) is 46.1 Å². The summed E-state index contributed by atoms with van der Waals surface area (Å²) in [6.07, 6.45) is 1.68. The molecule has 21 heavy (non-hydrogen) atoms. The number of halogens is 1. The number of hydrogen-bond acceptors (Lipinski definition) is 3. The first kappa shape index (κ1) is 16.7. The highest BCUT2D eigenvalue weighted by molar-refractivity contribution is 14.1. The van der Waals surface area contributed by atoms with E-state index in [9.17, 15) is 4.79 Å². The van der Waals surface area contributed by atoms with Gasteiger partial charge in [0.2, 0.25) is 0 Å². The zero-order valence-electron chi connectivity index (χ0n) is 13.2. The van der Waals surface area contributed by atoms with Crippen LogP contribution in [0.2, 0.25) is 0 Å². The number of nitrogens with zero attached hydrogens (tertiary/aromatic N) is 1. The van der Waals surface area contributed by atoms with Crippen molar-refractivity contribution in [3.05, 3.63) is 35.9 Å². The van der Waals surface area contributed by atoms with Crippen LogP contribution in [0.15, 0.2) is 30.3 Å². The molecule has 0 unspecified atom stereocenters. The molecule has 0 aliphatic carbocycles. The van der Waals surface area contributed by atoms with Gasteiger partial charge in [0.1, 0.15) is 6.61 Å². The van der Waals surface area contributed by atoms with Crippen molar-refractivity contribution in [1.29, 1.82) is 0 Å². The molecule has 2 rings (SSSR count). The van der Waals surface area contributed by atoms with Crippen LogP contribution in [0.5, 0.6) is 0 Å². The van der Waals surface area contributed by atoms with Crippen LogP contribution in [0.25, 0.3) is 0 Å². The van der Waals surface area contributed by atoms with Crippen LogP contribution in [0.4, 0.5) is 0 Å². The normalized spacial score (nSPS) is 22.0. The molecule has 4 heteroatoms. The van der Waals surface area contributed by atoms with Gasteiger partial charge in [-0.1, -0.05) is 30.3 Å². The summed E-state index contributed by atoms with van der Waals surface area (Å²) in [4.78, 5) is 12.4. The second-order valence-electron chi connectivity index (χ2n) is 7.10. The molecular formula is C17H24INO2. The van der Waals surface area contributed by atoms with Crippen LogP contribution in [0, 0.1) is 5.92 Å². The fraction of sp³-hybridized carbons (Fsp3) is 0.588. The number of carbonyl (C=O) groups is 1. The molecule has 0 radical (unpaired) electrons. The second kappa shape index (κ2) is 6.24. The van der Waals surface area contributed by atoms with E-state index in [1.807, 2.05) is 30.3 Å². The van der Waals surface area contributed by atoms with Gasteiger partial charge in [0, 0.05) is 33.9 Å². The summed E-state index contributed by atoms with van der Waals surface area (Å²) in [5.41, 5.74) is 1.04. The standard InChI is InChI=1S/C17H24INO2/c1-16(2)10-14(11-17(3,4)19(16)18)15(20)21-12-13-8-6-5-7-9-13/h5-9,14H,10-12H2,1-4H3. The third-order valence-corrected chi connectivity index (χ3v) is 6.72. The van der Waals surface area contributed by atoms with E-state index < -0.39 is 0 Å². The van der Waals surface area contributed by atoms with E-state index in [1.165, 1.54) is 0 Å². The average molecular weight is 401 g/mol. The molecule has 1 aliphatic rings. The molecule has 0 aromatic heterocycles. The first-order chi connectivity index (χ1) is 9.72. The van der Waals surface area contributed by atoms with E-state index >= 15 is 0 Å². The van der Waals surface area contributed by atoms with Gasteiger partial charge in [0.05, 0.1) is 5.92 Å². The Balaban J connectivity index is 1.99. The largest absolute Gasteiger partial charge is 0.461 e. The van der Waals surface area contributed by atoms with Crippen molar-refractivity contribution < 1.29 is 9.53 Å². The number of hydrogen-bond donors (Lipinski definition) is 0. The van der Waals surface area contributed by atoms with Gasteiger partial charge in [0.25, 0.3) is 0 Å². The quantitative estimate of drug-likeness (QED) is 0.429. The molecule has 0 bridgehead atoms. The lowest BCUT2D eigenvalue weighted by atomic mass is 9.76. The maximum atomic E-state index is 12.4. The predicted octanol–water partition coefficient (Wildman–Crippen LogP) is 4.35. The Hall–Kier alpha value is -0.620. The van der Waals surface area contributed by atoms with Gasteiger partial charge in [0.15, 0.2) is 0 Å². The number of esters is 1. The topological polar surface area (TPSA) is 29.5 Å². The van der Waals surface area contributed by atoms with Gasteiger partial charge >= 0.3 is 5.97 Å². The van der Waals surface area contributed by atoms with Crippen LogP contribution in [0.3, 0.4) is 0 Å². The minimum atomic E-state index is -0.0653. The molecule has 1 heterocycles. The Morgan fingerprint density at radius 1 is 1.19 bits per heavy atom. The molecule has 1 saturated heterocycles. The Labute approximate surface area is 141 Å². The number of piperidine rings is 1. The molecule has 0 spiro atoms.